The van der Waals surface area contributed by atoms with Crippen LogP contribution in [-0.2, 0) is 4.79 Å². The zero-order valence-electron chi connectivity index (χ0n) is 12.8. The highest BCUT2D eigenvalue weighted by molar-refractivity contribution is 5.82. The summed E-state index contributed by atoms with van der Waals surface area (Å²) in [4.78, 5) is 16.3. The quantitative estimate of drug-likeness (QED) is 0.780. The fourth-order valence-corrected chi connectivity index (χ4v) is 3.51. The molecule has 2 rings (SSSR count). The minimum Gasteiger partial charge on any atom is -0.391 e. The first-order valence-corrected chi connectivity index (χ1v) is 7.90. The summed E-state index contributed by atoms with van der Waals surface area (Å²) in [5.74, 6) is 1.49. The number of amides is 1. The summed E-state index contributed by atoms with van der Waals surface area (Å²) >= 11 is 0. The number of aliphatic hydroxyl groups is 1. The Hall–Kier alpha value is -0.650. The van der Waals surface area contributed by atoms with Crippen LogP contribution in [0.15, 0.2) is 0 Å². The van der Waals surface area contributed by atoms with Crippen molar-refractivity contribution < 1.29 is 9.90 Å². The minimum atomic E-state index is -0.769. The second-order valence-corrected chi connectivity index (χ2v) is 6.57. The highest BCUT2D eigenvalue weighted by Gasteiger charge is 2.32. The monoisotopic (exact) mass is 283 g/mol. The van der Waals surface area contributed by atoms with Crippen LogP contribution in [0.25, 0.3) is 0 Å². The lowest BCUT2D eigenvalue weighted by Crippen LogP contribution is -2.52. The summed E-state index contributed by atoms with van der Waals surface area (Å²) in [6.45, 7) is 5.59. The molecule has 0 radical (unpaired) electrons. The number of carbonyl (C=O) groups excluding carboxylic acids is 1. The molecule has 116 valence electrons. The zero-order chi connectivity index (χ0) is 14.7. The summed E-state index contributed by atoms with van der Waals surface area (Å²) in [6, 6.07) is -0.769. The van der Waals surface area contributed by atoms with Gasteiger partial charge in [0.25, 0.3) is 0 Å². The third-order valence-corrected chi connectivity index (χ3v) is 5.09. The molecular weight excluding hydrogens is 254 g/mol. The lowest BCUT2D eigenvalue weighted by molar-refractivity contribution is -0.136. The Kier molecular flexibility index (Phi) is 5.41. The molecule has 2 saturated heterocycles. The first-order valence-electron chi connectivity index (χ1n) is 7.90. The van der Waals surface area contributed by atoms with E-state index in [0.717, 1.165) is 37.8 Å². The van der Waals surface area contributed by atoms with E-state index in [0.29, 0.717) is 0 Å². The number of hydrogen-bond acceptors (Lipinski definition) is 4. The second kappa shape index (κ2) is 6.87. The maximum Gasteiger partial charge on any atom is 0.242 e. The third-order valence-electron chi connectivity index (χ3n) is 5.09. The molecule has 2 atom stereocenters. The van der Waals surface area contributed by atoms with Crippen molar-refractivity contribution in [3.8, 4) is 0 Å². The molecular formula is C15H29N3O2. The van der Waals surface area contributed by atoms with Crippen LogP contribution in [0, 0.1) is 11.8 Å². The van der Waals surface area contributed by atoms with Crippen LogP contribution < -0.4 is 5.73 Å². The van der Waals surface area contributed by atoms with Crippen molar-refractivity contribution in [3.63, 3.8) is 0 Å². The molecule has 0 aliphatic carbocycles. The van der Waals surface area contributed by atoms with Crippen LogP contribution >= 0.6 is 0 Å². The van der Waals surface area contributed by atoms with Crippen molar-refractivity contribution in [1.29, 1.82) is 0 Å². The smallest absolute Gasteiger partial charge is 0.242 e. The van der Waals surface area contributed by atoms with Crippen molar-refractivity contribution >= 4 is 5.91 Å². The van der Waals surface area contributed by atoms with Gasteiger partial charge in [0, 0.05) is 13.1 Å². The standard InChI is InChI=1S/C15H29N3O2/c1-11(19)14(16)15(20)18-9-5-13(6-10-18)12-3-7-17(2)8-4-12/h11-14,19H,3-10,16H2,1-2H3/t11-,14+/m1/s1. The number of nitrogens with two attached hydrogens (primary N) is 1. The average Bonchev–Trinajstić information content (AvgIpc) is 2.46. The van der Waals surface area contributed by atoms with Crippen molar-refractivity contribution in [2.24, 2.45) is 17.6 Å². The molecule has 5 nitrogen and oxygen atoms in total. The van der Waals surface area contributed by atoms with Crippen LogP contribution in [0.2, 0.25) is 0 Å². The number of aliphatic hydroxyl groups excluding tert-OH is 1. The summed E-state index contributed by atoms with van der Waals surface area (Å²) in [6.07, 6.45) is 4.00. The minimum absolute atomic E-state index is 0.0955. The van der Waals surface area contributed by atoms with Gasteiger partial charge >= 0.3 is 0 Å². The normalized spacial score (nSPS) is 26.5. The number of piperidine rings is 2. The highest BCUT2D eigenvalue weighted by atomic mass is 16.3. The predicted octanol–water partition coefficient (Wildman–Crippen LogP) is 0.275. The number of carbonyl (C=O) groups is 1. The lowest BCUT2D eigenvalue weighted by Gasteiger charge is -2.40. The zero-order valence-corrected chi connectivity index (χ0v) is 12.8. The fourth-order valence-electron chi connectivity index (χ4n) is 3.51. The van der Waals surface area contributed by atoms with Gasteiger partial charge in [-0.2, -0.15) is 0 Å². The van der Waals surface area contributed by atoms with E-state index >= 15 is 0 Å². The largest absolute Gasteiger partial charge is 0.391 e. The number of nitrogens with zero attached hydrogens (tertiary/aromatic N) is 2. The summed E-state index contributed by atoms with van der Waals surface area (Å²) < 4.78 is 0. The van der Waals surface area contributed by atoms with Gasteiger partial charge in [0.1, 0.15) is 6.04 Å². The molecule has 0 aromatic rings. The summed E-state index contributed by atoms with van der Waals surface area (Å²) in [5.41, 5.74) is 5.74. The molecule has 1 amide bonds. The fraction of sp³-hybridized carbons (Fsp3) is 0.933. The number of hydrogen-bond donors (Lipinski definition) is 2. The van der Waals surface area contributed by atoms with E-state index in [1.807, 2.05) is 4.90 Å². The maximum atomic E-state index is 12.1. The van der Waals surface area contributed by atoms with Crippen molar-refractivity contribution in [2.75, 3.05) is 33.2 Å². The Balaban J connectivity index is 1.79. The van der Waals surface area contributed by atoms with Gasteiger partial charge < -0.3 is 20.6 Å². The molecule has 20 heavy (non-hydrogen) atoms. The van der Waals surface area contributed by atoms with E-state index < -0.39 is 12.1 Å². The molecule has 5 heteroatoms. The van der Waals surface area contributed by atoms with Crippen molar-refractivity contribution in [2.45, 2.75) is 44.8 Å². The van der Waals surface area contributed by atoms with Crippen LogP contribution in [0.5, 0.6) is 0 Å². The van der Waals surface area contributed by atoms with Gasteiger partial charge in [0.2, 0.25) is 5.91 Å². The first kappa shape index (κ1) is 15.7. The SMILES string of the molecule is C[C@@H](O)[C@H](N)C(=O)N1CCC(C2CCN(C)CC2)CC1. The Morgan fingerprint density at radius 3 is 2.00 bits per heavy atom. The molecule has 0 aromatic heterocycles. The van der Waals surface area contributed by atoms with E-state index in [2.05, 4.69) is 11.9 Å². The van der Waals surface area contributed by atoms with E-state index in [1.54, 1.807) is 6.92 Å². The van der Waals surface area contributed by atoms with Crippen molar-refractivity contribution in [3.05, 3.63) is 0 Å². The van der Waals surface area contributed by atoms with Crippen molar-refractivity contribution in [1.82, 2.24) is 9.80 Å². The molecule has 2 aliphatic heterocycles. The number of rotatable bonds is 3. The average molecular weight is 283 g/mol. The second-order valence-electron chi connectivity index (χ2n) is 6.57. The Morgan fingerprint density at radius 1 is 1.10 bits per heavy atom. The molecule has 2 heterocycles. The topological polar surface area (TPSA) is 69.8 Å². The van der Waals surface area contributed by atoms with Gasteiger partial charge in [-0.15, -0.1) is 0 Å². The Bertz CT molecular complexity index is 319. The summed E-state index contributed by atoms with van der Waals surface area (Å²) in [7, 11) is 2.19. The lowest BCUT2D eigenvalue weighted by atomic mass is 9.79. The molecule has 2 fully saturated rings. The van der Waals surface area contributed by atoms with Crippen LogP contribution in [0.4, 0.5) is 0 Å². The van der Waals surface area contributed by atoms with Gasteiger partial charge in [-0.3, -0.25) is 4.79 Å². The summed E-state index contributed by atoms with van der Waals surface area (Å²) in [5, 5.41) is 9.43. The molecule has 0 bridgehead atoms. The predicted molar refractivity (Wildman–Crippen MR) is 79.2 cm³/mol. The van der Waals surface area contributed by atoms with E-state index in [9.17, 15) is 9.90 Å². The van der Waals surface area contributed by atoms with Gasteiger partial charge in [-0.25, -0.2) is 0 Å². The molecule has 2 aliphatic rings. The van der Waals surface area contributed by atoms with Gasteiger partial charge in [0.05, 0.1) is 6.10 Å². The maximum absolute atomic E-state index is 12.1. The van der Waals surface area contributed by atoms with E-state index in [1.165, 1.54) is 25.9 Å². The molecule has 0 unspecified atom stereocenters. The van der Waals surface area contributed by atoms with Crippen LogP contribution in [0.1, 0.15) is 32.6 Å². The van der Waals surface area contributed by atoms with Gasteiger partial charge in [-0.05, 0) is 64.6 Å². The van der Waals surface area contributed by atoms with Gasteiger partial charge in [0.15, 0.2) is 0 Å². The highest BCUT2D eigenvalue weighted by Crippen LogP contribution is 2.32. The first-order chi connectivity index (χ1) is 9.49. The molecule has 0 aromatic carbocycles. The Morgan fingerprint density at radius 2 is 1.55 bits per heavy atom. The molecule has 3 N–H and O–H groups in total. The van der Waals surface area contributed by atoms with E-state index in [4.69, 9.17) is 5.73 Å². The van der Waals surface area contributed by atoms with Crippen LogP contribution in [-0.4, -0.2) is 66.2 Å². The van der Waals surface area contributed by atoms with Gasteiger partial charge in [-0.1, -0.05) is 0 Å². The number of likely N-dealkylation sites (tertiary alicyclic amines) is 2. The van der Waals surface area contributed by atoms with Crippen LogP contribution in [0.3, 0.4) is 0 Å². The van der Waals surface area contributed by atoms with E-state index in [-0.39, 0.29) is 5.91 Å². The molecule has 0 spiro atoms. The molecule has 0 saturated carbocycles. The Labute approximate surface area is 122 Å². The third kappa shape index (κ3) is 3.71.